The Labute approximate surface area is 107 Å². The van der Waals surface area contributed by atoms with Crippen molar-refractivity contribution in [1.82, 2.24) is 5.32 Å². The summed E-state index contributed by atoms with van der Waals surface area (Å²) in [6.07, 6.45) is 11.3. The van der Waals surface area contributed by atoms with Gasteiger partial charge in [-0.1, -0.05) is 19.3 Å². The fourth-order valence-electron chi connectivity index (χ4n) is 3.63. The summed E-state index contributed by atoms with van der Waals surface area (Å²) in [5.41, 5.74) is 0.129. The molecule has 0 aromatic rings. The fourth-order valence-corrected chi connectivity index (χ4v) is 3.63. The van der Waals surface area contributed by atoms with Crippen LogP contribution in [0.5, 0.6) is 0 Å². The first-order chi connectivity index (χ1) is 8.11. The maximum absolute atomic E-state index is 6.16. The van der Waals surface area contributed by atoms with Crippen LogP contribution in [0.25, 0.3) is 0 Å². The first-order valence-electron chi connectivity index (χ1n) is 7.46. The Morgan fingerprint density at radius 1 is 1.12 bits per heavy atom. The summed E-state index contributed by atoms with van der Waals surface area (Å²) in [6.45, 7) is 4.46. The lowest BCUT2D eigenvalue weighted by Crippen LogP contribution is -2.35. The second kappa shape index (κ2) is 5.71. The van der Waals surface area contributed by atoms with Crippen molar-refractivity contribution in [3.05, 3.63) is 0 Å². The van der Waals surface area contributed by atoms with Crippen molar-refractivity contribution in [2.75, 3.05) is 7.05 Å². The van der Waals surface area contributed by atoms with Gasteiger partial charge in [0.25, 0.3) is 0 Å². The highest BCUT2D eigenvalue weighted by atomic mass is 16.5. The third-order valence-electron chi connectivity index (χ3n) is 4.65. The molecule has 1 N–H and O–H groups in total. The fraction of sp³-hybridized carbons (Fsp3) is 1.00. The quantitative estimate of drug-likeness (QED) is 0.761. The molecule has 1 saturated heterocycles. The first kappa shape index (κ1) is 13.4. The molecule has 1 aliphatic heterocycles. The molecule has 1 heterocycles. The van der Waals surface area contributed by atoms with E-state index in [9.17, 15) is 0 Å². The van der Waals surface area contributed by atoms with E-state index in [1.54, 1.807) is 0 Å². The Morgan fingerprint density at radius 2 is 1.88 bits per heavy atom. The molecule has 2 heteroatoms. The van der Waals surface area contributed by atoms with Crippen LogP contribution >= 0.6 is 0 Å². The first-order valence-corrected chi connectivity index (χ1v) is 7.46. The monoisotopic (exact) mass is 239 g/mol. The number of hydrogen-bond acceptors (Lipinski definition) is 2. The van der Waals surface area contributed by atoms with Crippen molar-refractivity contribution >= 4 is 0 Å². The molecule has 0 amide bonds. The normalized spacial score (nSPS) is 37.9. The SMILES string of the molecule is CNC1CCCCCC1CC1CCC(C)(C)O1. The van der Waals surface area contributed by atoms with Crippen molar-refractivity contribution in [3.63, 3.8) is 0 Å². The average molecular weight is 239 g/mol. The minimum Gasteiger partial charge on any atom is -0.372 e. The number of ether oxygens (including phenoxy) is 1. The molecule has 0 radical (unpaired) electrons. The van der Waals surface area contributed by atoms with Crippen molar-refractivity contribution in [2.24, 2.45) is 5.92 Å². The van der Waals surface area contributed by atoms with Crippen LogP contribution in [0.2, 0.25) is 0 Å². The minimum absolute atomic E-state index is 0.129. The molecule has 0 aromatic carbocycles. The van der Waals surface area contributed by atoms with Crippen LogP contribution < -0.4 is 5.32 Å². The Kier molecular flexibility index (Phi) is 4.48. The molecule has 0 spiro atoms. The Morgan fingerprint density at radius 3 is 2.53 bits per heavy atom. The Hall–Kier alpha value is -0.0800. The molecule has 0 bridgehead atoms. The molecule has 0 aromatic heterocycles. The van der Waals surface area contributed by atoms with Gasteiger partial charge in [-0.3, -0.25) is 0 Å². The lowest BCUT2D eigenvalue weighted by atomic mass is 9.88. The van der Waals surface area contributed by atoms with Crippen molar-refractivity contribution in [1.29, 1.82) is 0 Å². The van der Waals surface area contributed by atoms with E-state index >= 15 is 0 Å². The molecule has 3 atom stereocenters. The van der Waals surface area contributed by atoms with E-state index < -0.39 is 0 Å². The zero-order chi connectivity index (χ0) is 12.3. The van der Waals surface area contributed by atoms with Gasteiger partial charge in [0, 0.05) is 6.04 Å². The van der Waals surface area contributed by atoms with E-state index in [0.29, 0.717) is 6.10 Å². The summed E-state index contributed by atoms with van der Waals surface area (Å²) in [6, 6.07) is 0.727. The third-order valence-corrected chi connectivity index (χ3v) is 4.65. The zero-order valence-electron chi connectivity index (χ0n) is 11.8. The third kappa shape index (κ3) is 3.69. The van der Waals surface area contributed by atoms with Gasteiger partial charge in [-0.15, -0.1) is 0 Å². The largest absolute Gasteiger partial charge is 0.372 e. The average Bonchev–Trinajstić information content (AvgIpc) is 2.50. The number of hydrogen-bond donors (Lipinski definition) is 1. The molecular weight excluding hydrogens is 210 g/mol. The molecule has 2 rings (SSSR count). The summed E-state index contributed by atoms with van der Waals surface area (Å²) in [5.74, 6) is 0.835. The van der Waals surface area contributed by atoms with Gasteiger partial charge in [-0.05, 0) is 58.9 Å². The van der Waals surface area contributed by atoms with Crippen LogP contribution in [0.15, 0.2) is 0 Å². The lowest BCUT2D eigenvalue weighted by molar-refractivity contribution is -0.0269. The second-order valence-corrected chi connectivity index (χ2v) is 6.57. The molecule has 2 fully saturated rings. The van der Waals surface area contributed by atoms with Crippen molar-refractivity contribution in [2.45, 2.75) is 83.0 Å². The van der Waals surface area contributed by atoms with E-state index in [1.165, 1.54) is 51.4 Å². The van der Waals surface area contributed by atoms with Gasteiger partial charge in [0.05, 0.1) is 11.7 Å². The second-order valence-electron chi connectivity index (χ2n) is 6.57. The Bertz CT molecular complexity index is 239. The maximum Gasteiger partial charge on any atom is 0.0631 e. The van der Waals surface area contributed by atoms with E-state index in [2.05, 4.69) is 26.2 Å². The summed E-state index contributed by atoms with van der Waals surface area (Å²) >= 11 is 0. The molecule has 1 aliphatic carbocycles. The van der Waals surface area contributed by atoms with Crippen LogP contribution in [0.1, 0.15) is 65.2 Å². The predicted octanol–water partition coefficient (Wildman–Crippen LogP) is 3.50. The molecule has 1 saturated carbocycles. The molecular formula is C15H29NO. The van der Waals surface area contributed by atoms with Crippen LogP contribution in [0.4, 0.5) is 0 Å². The van der Waals surface area contributed by atoms with Crippen molar-refractivity contribution in [3.8, 4) is 0 Å². The maximum atomic E-state index is 6.16. The van der Waals surface area contributed by atoms with Gasteiger partial charge < -0.3 is 10.1 Å². The highest BCUT2D eigenvalue weighted by molar-refractivity contribution is 4.86. The summed E-state index contributed by atoms with van der Waals surface area (Å²) < 4.78 is 6.16. The van der Waals surface area contributed by atoms with E-state index in [-0.39, 0.29) is 5.60 Å². The molecule has 2 nitrogen and oxygen atoms in total. The van der Waals surface area contributed by atoms with Crippen molar-refractivity contribution < 1.29 is 4.74 Å². The molecule has 3 unspecified atom stereocenters. The van der Waals surface area contributed by atoms with E-state index in [4.69, 9.17) is 4.74 Å². The van der Waals surface area contributed by atoms with Crippen LogP contribution in [-0.2, 0) is 4.74 Å². The predicted molar refractivity (Wildman–Crippen MR) is 72.2 cm³/mol. The van der Waals surface area contributed by atoms with Crippen LogP contribution in [-0.4, -0.2) is 24.8 Å². The molecule has 17 heavy (non-hydrogen) atoms. The van der Waals surface area contributed by atoms with Gasteiger partial charge in [0.2, 0.25) is 0 Å². The number of nitrogens with one attached hydrogen (secondary N) is 1. The number of rotatable bonds is 3. The van der Waals surface area contributed by atoms with Gasteiger partial charge >= 0.3 is 0 Å². The lowest BCUT2D eigenvalue weighted by Gasteiger charge is -2.28. The minimum atomic E-state index is 0.129. The molecule has 2 aliphatic rings. The van der Waals surface area contributed by atoms with E-state index in [1.807, 2.05) is 0 Å². The summed E-state index contributed by atoms with van der Waals surface area (Å²) in [7, 11) is 2.13. The smallest absolute Gasteiger partial charge is 0.0631 e. The van der Waals surface area contributed by atoms with Gasteiger partial charge in [0.15, 0.2) is 0 Å². The van der Waals surface area contributed by atoms with Gasteiger partial charge in [-0.2, -0.15) is 0 Å². The van der Waals surface area contributed by atoms with E-state index in [0.717, 1.165) is 12.0 Å². The standard InChI is InChI=1S/C15H29NO/c1-15(2)10-9-13(17-15)11-12-7-5-4-6-8-14(12)16-3/h12-14,16H,4-11H2,1-3H3. The topological polar surface area (TPSA) is 21.3 Å². The van der Waals surface area contributed by atoms with Crippen LogP contribution in [0, 0.1) is 5.92 Å². The van der Waals surface area contributed by atoms with Crippen LogP contribution in [0.3, 0.4) is 0 Å². The highest BCUT2D eigenvalue weighted by Crippen LogP contribution is 2.35. The van der Waals surface area contributed by atoms with Gasteiger partial charge in [-0.25, -0.2) is 0 Å². The van der Waals surface area contributed by atoms with Gasteiger partial charge in [0.1, 0.15) is 0 Å². The zero-order valence-corrected chi connectivity index (χ0v) is 11.8. The molecule has 100 valence electrons. The summed E-state index contributed by atoms with van der Waals surface area (Å²) in [4.78, 5) is 0. The summed E-state index contributed by atoms with van der Waals surface area (Å²) in [5, 5.41) is 3.53. The Balaban J connectivity index is 1.87. The highest BCUT2D eigenvalue weighted by Gasteiger charge is 2.34.